The van der Waals surface area contributed by atoms with Crippen LogP contribution in [0.4, 0.5) is 0 Å². The molecule has 0 saturated heterocycles. The molecule has 0 bridgehead atoms. The van der Waals surface area contributed by atoms with Crippen molar-refractivity contribution in [3.8, 4) is 0 Å². The summed E-state index contributed by atoms with van der Waals surface area (Å²) in [4.78, 5) is 0.295. The fourth-order valence-electron chi connectivity index (χ4n) is 1.83. The van der Waals surface area contributed by atoms with Gasteiger partial charge in [0.15, 0.2) is 9.84 Å². The van der Waals surface area contributed by atoms with E-state index in [1.807, 2.05) is 0 Å². The molecular weight excluding hydrogens is 250 g/mol. The molecule has 6 heteroatoms. The summed E-state index contributed by atoms with van der Waals surface area (Å²) in [5.41, 5.74) is 0. The van der Waals surface area contributed by atoms with Crippen LogP contribution in [-0.4, -0.2) is 37.0 Å². The maximum Gasteiger partial charge on any atom is 0.178 e. The molecule has 0 amide bonds. The first kappa shape index (κ1) is 15.2. The molecule has 0 radical (unpaired) electrons. The minimum atomic E-state index is -3.13. The predicted octanol–water partition coefficient (Wildman–Crippen LogP) is 1.45. The van der Waals surface area contributed by atoms with Gasteiger partial charge in [-0.15, -0.1) is 0 Å². The standard InChI is InChI=1S/C12H23N3O2S/c1-4-13-11(2)7-5-6-8-15-10-12(9-14-15)18(3,16)17/h9-11,13H,4-8H2,1-3H3. The molecule has 1 heterocycles. The third kappa shape index (κ3) is 5.18. The zero-order valence-corrected chi connectivity index (χ0v) is 12.2. The van der Waals surface area contributed by atoms with Gasteiger partial charge in [0.2, 0.25) is 0 Å². The van der Waals surface area contributed by atoms with Crippen molar-refractivity contribution in [3.63, 3.8) is 0 Å². The molecule has 0 aromatic carbocycles. The average molecular weight is 273 g/mol. The van der Waals surface area contributed by atoms with Gasteiger partial charge in [-0.3, -0.25) is 4.68 Å². The van der Waals surface area contributed by atoms with Gasteiger partial charge in [0.1, 0.15) is 4.90 Å². The van der Waals surface area contributed by atoms with Crippen molar-refractivity contribution in [1.82, 2.24) is 15.1 Å². The van der Waals surface area contributed by atoms with E-state index in [0.29, 0.717) is 10.9 Å². The van der Waals surface area contributed by atoms with Crippen molar-refractivity contribution >= 4 is 9.84 Å². The van der Waals surface area contributed by atoms with Gasteiger partial charge in [0.25, 0.3) is 0 Å². The second-order valence-corrected chi connectivity index (χ2v) is 6.68. The van der Waals surface area contributed by atoms with Crippen molar-refractivity contribution in [1.29, 1.82) is 0 Å². The van der Waals surface area contributed by atoms with E-state index in [1.54, 1.807) is 10.9 Å². The highest BCUT2D eigenvalue weighted by Gasteiger charge is 2.09. The van der Waals surface area contributed by atoms with Crippen molar-refractivity contribution in [3.05, 3.63) is 12.4 Å². The third-order valence-corrected chi connectivity index (χ3v) is 3.93. The van der Waals surface area contributed by atoms with E-state index in [4.69, 9.17) is 0 Å². The van der Waals surface area contributed by atoms with Crippen LogP contribution in [0.25, 0.3) is 0 Å². The van der Waals surface area contributed by atoms with Gasteiger partial charge in [0, 0.05) is 25.0 Å². The van der Waals surface area contributed by atoms with Crippen molar-refractivity contribution in [2.45, 2.75) is 50.6 Å². The van der Waals surface area contributed by atoms with Crippen LogP contribution >= 0.6 is 0 Å². The topological polar surface area (TPSA) is 64.0 Å². The largest absolute Gasteiger partial charge is 0.315 e. The van der Waals surface area contributed by atoms with Crippen LogP contribution in [-0.2, 0) is 16.4 Å². The van der Waals surface area contributed by atoms with Gasteiger partial charge in [-0.05, 0) is 26.3 Å². The summed E-state index contributed by atoms with van der Waals surface area (Å²) in [6.45, 7) is 6.05. The minimum absolute atomic E-state index is 0.295. The van der Waals surface area contributed by atoms with Gasteiger partial charge in [-0.25, -0.2) is 8.42 Å². The second-order valence-electron chi connectivity index (χ2n) is 4.67. The molecule has 1 aromatic rings. The van der Waals surface area contributed by atoms with E-state index in [0.717, 1.165) is 32.4 Å². The van der Waals surface area contributed by atoms with Crippen LogP contribution in [0.15, 0.2) is 17.3 Å². The fourth-order valence-corrected chi connectivity index (χ4v) is 2.38. The van der Waals surface area contributed by atoms with Gasteiger partial charge in [-0.2, -0.15) is 5.10 Å². The number of rotatable bonds is 8. The van der Waals surface area contributed by atoms with Crippen LogP contribution in [0, 0.1) is 0 Å². The SMILES string of the molecule is CCNC(C)CCCCn1cc(S(C)(=O)=O)cn1. The molecule has 0 aliphatic rings. The number of unbranched alkanes of at least 4 members (excludes halogenated alkanes) is 1. The lowest BCUT2D eigenvalue weighted by molar-refractivity contribution is 0.474. The molecule has 0 aliphatic heterocycles. The molecule has 0 saturated carbocycles. The van der Waals surface area contributed by atoms with E-state index in [1.165, 1.54) is 12.5 Å². The maximum absolute atomic E-state index is 11.3. The van der Waals surface area contributed by atoms with Crippen LogP contribution < -0.4 is 5.32 Å². The van der Waals surface area contributed by atoms with E-state index < -0.39 is 9.84 Å². The van der Waals surface area contributed by atoms with Crippen LogP contribution in [0.5, 0.6) is 0 Å². The summed E-state index contributed by atoms with van der Waals surface area (Å²) < 4.78 is 24.3. The highest BCUT2D eigenvalue weighted by Crippen LogP contribution is 2.08. The molecular formula is C12H23N3O2S. The Morgan fingerprint density at radius 2 is 2.17 bits per heavy atom. The number of sulfone groups is 1. The Morgan fingerprint density at radius 1 is 1.44 bits per heavy atom. The summed E-state index contributed by atoms with van der Waals surface area (Å²) in [5, 5.41) is 7.42. The first-order valence-corrected chi connectivity index (χ1v) is 8.28. The lowest BCUT2D eigenvalue weighted by atomic mass is 10.1. The summed E-state index contributed by atoms with van der Waals surface area (Å²) in [6.07, 6.45) is 7.48. The molecule has 1 aromatic heterocycles. The molecule has 1 N–H and O–H groups in total. The van der Waals surface area contributed by atoms with Crippen molar-refractivity contribution < 1.29 is 8.42 Å². The Bertz CT molecular complexity index is 454. The zero-order chi connectivity index (χ0) is 13.6. The first-order valence-electron chi connectivity index (χ1n) is 6.39. The molecule has 1 rings (SSSR count). The zero-order valence-electron chi connectivity index (χ0n) is 11.4. The predicted molar refractivity (Wildman–Crippen MR) is 72.3 cm³/mol. The molecule has 18 heavy (non-hydrogen) atoms. The van der Waals surface area contributed by atoms with Gasteiger partial charge in [-0.1, -0.05) is 13.3 Å². The number of aryl methyl sites for hydroxylation is 1. The van der Waals surface area contributed by atoms with Gasteiger partial charge >= 0.3 is 0 Å². The smallest absolute Gasteiger partial charge is 0.178 e. The Morgan fingerprint density at radius 3 is 2.72 bits per heavy atom. The number of aromatic nitrogens is 2. The summed E-state index contributed by atoms with van der Waals surface area (Å²) in [5.74, 6) is 0. The molecule has 0 spiro atoms. The second kappa shape index (κ2) is 6.89. The van der Waals surface area contributed by atoms with E-state index in [2.05, 4.69) is 24.3 Å². The van der Waals surface area contributed by atoms with Crippen molar-refractivity contribution in [2.75, 3.05) is 12.8 Å². The maximum atomic E-state index is 11.3. The minimum Gasteiger partial charge on any atom is -0.315 e. The first-order chi connectivity index (χ1) is 8.43. The van der Waals surface area contributed by atoms with Crippen LogP contribution in [0.1, 0.15) is 33.1 Å². The van der Waals surface area contributed by atoms with E-state index in [-0.39, 0.29) is 0 Å². The van der Waals surface area contributed by atoms with Crippen molar-refractivity contribution in [2.24, 2.45) is 0 Å². The molecule has 5 nitrogen and oxygen atoms in total. The Kier molecular flexibility index (Phi) is 5.81. The lowest BCUT2D eigenvalue weighted by Gasteiger charge is -2.11. The van der Waals surface area contributed by atoms with E-state index in [9.17, 15) is 8.42 Å². The van der Waals surface area contributed by atoms with Gasteiger partial charge in [0.05, 0.1) is 6.20 Å². The monoisotopic (exact) mass is 273 g/mol. The Balaban J connectivity index is 2.30. The third-order valence-electron chi connectivity index (χ3n) is 2.86. The molecule has 1 unspecified atom stereocenters. The number of nitrogens with zero attached hydrogens (tertiary/aromatic N) is 2. The molecule has 0 aliphatic carbocycles. The lowest BCUT2D eigenvalue weighted by Crippen LogP contribution is -2.25. The summed E-state index contributed by atoms with van der Waals surface area (Å²) in [7, 11) is -3.13. The normalized spacial score (nSPS) is 13.7. The summed E-state index contributed by atoms with van der Waals surface area (Å²) >= 11 is 0. The molecule has 0 fully saturated rings. The highest BCUT2D eigenvalue weighted by atomic mass is 32.2. The molecule has 104 valence electrons. The van der Waals surface area contributed by atoms with E-state index >= 15 is 0 Å². The quantitative estimate of drug-likeness (QED) is 0.728. The molecule has 1 atom stereocenters. The number of nitrogens with one attached hydrogen (secondary N) is 1. The number of hydrogen-bond acceptors (Lipinski definition) is 4. The Labute approximate surface area is 109 Å². The van der Waals surface area contributed by atoms with Crippen LogP contribution in [0.3, 0.4) is 0 Å². The number of hydrogen-bond donors (Lipinski definition) is 1. The van der Waals surface area contributed by atoms with Crippen LogP contribution in [0.2, 0.25) is 0 Å². The summed E-state index contributed by atoms with van der Waals surface area (Å²) in [6, 6.07) is 0.541. The fraction of sp³-hybridized carbons (Fsp3) is 0.750. The average Bonchev–Trinajstić information content (AvgIpc) is 2.73. The Hall–Kier alpha value is -0.880. The highest BCUT2D eigenvalue weighted by molar-refractivity contribution is 7.90. The van der Waals surface area contributed by atoms with Gasteiger partial charge < -0.3 is 5.32 Å².